The van der Waals surface area contributed by atoms with E-state index in [-0.39, 0.29) is 36.7 Å². The molecule has 0 saturated carbocycles. The van der Waals surface area contributed by atoms with Crippen molar-refractivity contribution < 1.29 is 56.4 Å². The summed E-state index contributed by atoms with van der Waals surface area (Å²) >= 11 is 0. The number of hydrogen-bond acceptors (Lipinski definition) is 16. The van der Waals surface area contributed by atoms with Gasteiger partial charge in [0.05, 0.1) is 18.4 Å². The van der Waals surface area contributed by atoms with Gasteiger partial charge in [-0.3, -0.25) is 18.9 Å². The van der Waals surface area contributed by atoms with Crippen LogP contribution in [0.3, 0.4) is 0 Å². The van der Waals surface area contributed by atoms with Gasteiger partial charge in [-0.1, -0.05) is 13.8 Å². The van der Waals surface area contributed by atoms with E-state index in [4.69, 9.17) is 43.2 Å². The van der Waals surface area contributed by atoms with Crippen LogP contribution < -0.4 is 20.1 Å². The van der Waals surface area contributed by atoms with E-state index in [1.54, 1.807) is 45.0 Å². The summed E-state index contributed by atoms with van der Waals surface area (Å²) in [5, 5.41) is 17.5. The Balaban J connectivity index is 1.74. The lowest BCUT2D eigenvalue weighted by molar-refractivity contribution is -0.169. The number of ether oxygens (including phenoxy) is 6. The molecule has 0 amide bonds. The van der Waals surface area contributed by atoms with Crippen molar-refractivity contribution in [3.05, 3.63) is 48.4 Å². The molecule has 3 heterocycles. The summed E-state index contributed by atoms with van der Waals surface area (Å²) in [6.07, 6.45) is -3.78. The molecule has 0 radical (unpaired) electrons. The van der Waals surface area contributed by atoms with Gasteiger partial charge in [0.15, 0.2) is 18.0 Å². The summed E-state index contributed by atoms with van der Waals surface area (Å²) in [6.45, 7) is 7.53. The van der Waals surface area contributed by atoms with Gasteiger partial charge in [0.1, 0.15) is 54.8 Å². The van der Waals surface area contributed by atoms with Gasteiger partial charge in [-0.25, -0.2) is 14.1 Å². The van der Waals surface area contributed by atoms with Crippen molar-refractivity contribution in [1.29, 1.82) is 5.26 Å². The molecular weight excluding hydrogens is 703 g/mol. The number of nitrogens with one attached hydrogen (secondary N) is 1. The van der Waals surface area contributed by atoms with E-state index in [9.17, 15) is 24.2 Å². The van der Waals surface area contributed by atoms with Crippen LogP contribution in [-0.4, -0.2) is 89.4 Å². The first-order valence-electron chi connectivity index (χ1n) is 16.5. The average molecular weight is 747 g/mol. The highest BCUT2D eigenvalue weighted by Gasteiger charge is 2.62. The maximum absolute atomic E-state index is 14.5. The van der Waals surface area contributed by atoms with E-state index in [0.29, 0.717) is 17.9 Å². The smallest absolute Gasteiger partial charge is 0.459 e. The molecule has 1 aliphatic heterocycles. The number of esters is 3. The summed E-state index contributed by atoms with van der Waals surface area (Å²) in [6, 6.07) is 9.95. The van der Waals surface area contributed by atoms with Gasteiger partial charge in [-0.15, -0.1) is 0 Å². The van der Waals surface area contributed by atoms with Crippen molar-refractivity contribution in [3.8, 4) is 17.6 Å². The number of methoxy groups -OCH3 is 1. The van der Waals surface area contributed by atoms with Crippen LogP contribution in [0, 0.1) is 11.3 Å². The van der Waals surface area contributed by atoms with E-state index in [0.717, 1.165) is 0 Å². The number of nitrogens with zero attached hydrogens (tertiary/aromatic N) is 4. The van der Waals surface area contributed by atoms with Crippen molar-refractivity contribution in [1.82, 2.24) is 19.7 Å². The van der Waals surface area contributed by atoms with Gasteiger partial charge < -0.3 is 38.7 Å². The number of benzene rings is 1. The van der Waals surface area contributed by atoms with Gasteiger partial charge in [-0.2, -0.15) is 15.4 Å². The van der Waals surface area contributed by atoms with Crippen LogP contribution in [0.4, 0.5) is 5.82 Å². The van der Waals surface area contributed by atoms with E-state index in [1.807, 2.05) is 6.07 Å². The topological polar surface area (TPSA) is 234 Å². The summed E-state index contributed by atoms with van der Waals surface area (Å²) in [5.41, 5.74) is 4.43. The highest BCUT2D eigenvalue weighted by molar-refractivity contribution is 7.52. The Labute approximate surface area is 300 Å². The Hall–Kier alpha value is -4.79. The number of fused-ring (bicyclic) bond motifs is 1. The maximum atomic E-state index is 14.5. The van der Waals surface area contributed by atoms with Crippen molar-refractivity contribution in [2.75, 3.05) is 32.7 Å². The lowest BCUT2D eigenvalue weighted by atomic mass is 9.95. The Morgan fingerprint density at radius 3 is 2.37 bits per heavy atom. The minimum atomic E-state index is -4.62. The zero-order chi connectivity index (χ0) is 38.1. The third-order valence-electron chi connectivity index (χ3n) is 7.60. The number of nitrogens with two attached hydrogens (primary N) is 1. The number of aromatic nitrogens is 3. The molecule has 1 unspecified atom stereocenters. The third-order valence-corrected chi connectivity index (χ3v) is 9.22. The molecular formula is C33H43N6O12P. The number of rotatable bonds is 18. The van der Waals surface area contributed by atoms with Crippen LogP contribution in [0.15, 0.2) is 42.7 Å². The molecule has 52 heavy (non-hydrogen) atoms. The van der Waals surface area contributed by atoms with Crippen molar-refractivity contribution in [2.24, 2.45) is 0 Å². The van der Waals surface area contributed by atoms with Gasteiger partial charge >= 0.3 is 25.7 Å². The number of hydrogen-bond donors (Lipinski definition) is 2. The Bertz CT molecular complexity index is 1800. The van der Waals surface area contributed by atoms with Crippen LogP contribution >= 0.6 is 7.75 Å². The van der Waals surface area contributed by atoms with Gasteiger partial charge in [0, 0.05) is 20.0 Å². The van der Waals surface area contributed by atoms with Crippen LogP contribution in [0.5, 0.6) is 11.5 Å². The minimum Gasteiger partial charge on any atom is -0.491 e. The van der Waals surface area contributed by atoms with Gasteiger partial charge in [-0.05, 0) is 57.2 Å². The lowest BCUT2D eigenvalue weighted by Crippen LogP contribution is -2.49. The molecule has 18 nitrogen and oxygen atoms in total. The number of carbonyl (C=O) groups is 3. The van der Waals surface area contributed by atoms with E-state index >= 15 is 0 Å². The molecule has 0 aliphatic carbocycles. The molecule has 1 saturated heterocycles. The zero-order valence-corrected chi connectivity index (χ0v) is 30.6. The molecule has 1 aliphatic rings. The first-order chi connectivity index (χ1) is 24.8. The lowest BCUT2D eigenvalue weighted by Gasteiger charge is -2.30. The predicted octanol–water partition coefficient (Wildman–Crippen LogP) is 3.45. The van der Waals surface area contributed by atoms with E-state index < -0.39 is 68.3 Å². The summed E-state index contributed by atoms with van der Waals surface area (Å²) in [5.74, 6) is -1.57. The average Bonchev–Trinajstić information content (AvgIpc) is 3.68. The highest BCUT2D eigenvalue weighted by atomic mass is 31.2. The van der Waals surface area contributed by atoms with E-state index in [1.165, 1.54) is 43.9 Å². The Morgan fingerprint density at radius 1 is 1.06 bits per heavy atom. The predicted molar refractivity (Wildman–Crippen MR) is 182 cm³/mol. The molecule has 2 aromatic heterocycles. The first-order valence-corrected chi connectivity index (χ1v) is 18.0. The number of carbonyl (C=O) groups excluding carboxylic acids is 3. The van der Waals surface area contributed by atoms with Crippen molar-refractivity contribution in [2.45, 2.75) is 83.5 Å². The van der Waals surface area contributed by atoms with Crippen LogP contribution in [0.25, 0.3) is 5.52 Å². The second-order valence-electron chi connectivity index (χ2n) is 11.8. The van der Waals surface area contributed by atoms with Crippen LogP contribution in [-0.2, 0) is 47.2 Å². The van der Waals surface area contributed by atoms with Gasteiger partial charge in [0.2, 0.25) is 5.60 Å². The maximum Gasteiger partial charge on any atom is 0.459 e. The number of anilines is 1. The fourth-order valence-electron chi connectivity index (χ4n) is 5.06. The molecule has 1 fully saturated rings. The SMILES string of the molecule is CCC(=O)O[C@H]1[C@H](c2ccc3c(N)ncnn23)O[C@](C#N)(COP(=O)(N[C@@H](C)C(=O)OC(C)C)Oc2ccc(OCCOC)cc2)[C@H]1OC(=O)CC. The zero-order valence-electron chi connectivity index (χ0n) is 29.7. The fourth-order valence-corrected chi connectivity index (χ4v) is 6.58. The minimum absolute atomic E-state index is 0.0382. The Morgan fingerprint density at radius 2 is 1.73 bits per heavy atom. The fraction of sp³-hybridized carbons (Fsp3) is 0.515. The monoisotopic (exact) mass is 746 g/mol. The molecule has 282 valence electrons. The summed E-state index contributed by atoms with van der Waals surface area (Å²) in [4.78, 5) is 42.3. The standard InChI is InChI=1S/C33H43N6O12P/c1-7-26(40)48-29-28(24-13-14-25-31(35)36-19-37-39(24)25)50-33(17-34,30(29)49-27(41)8-2)18-46-52(43,38-21(5)32(42)47-20(3)4)51-23-11-9-22(10-12-23)45-16-15-44-6/h9-14,19-21,28-30H,7-8,15-16,18H2,1-6H3,(H,38,43)(H2,35,36,37)/t21-,28-,29-,30-,33+,52?/m0/s1. The van der Waals surface area contributed by atoms with E-state index in [2.05, 4.69) is 15.2 Å². The molecule has 4 rings (SSSR count). The quantitative estimate of drug-likeness (QED) is 0.0821. The van der Waals surface area contributed by atoms with Crippen LogP contribution in [0.2, 0.25) is 0 Å². The molecule has 3 N–H and O–H groups in total. The second-order valence-corrected chi connectivity index (χ2v) is 13.5. The Kier molecular flexibility index (Phi) is 13.6. The largest absolute Gasteiger partial charge is 0.491 e. The molecule has 6 atom stereocenters. The van der Waals surface area contributed by atoms with Gasteiger partial charge in [0.25, 0.3) is 0 Å². The molecule has 1 aromatic carbocycles. The van der Waals surface area contributed by atoms with Crippen LogP contribution in [0.1, 0.15) is 59.3 Å². The summed E-state index contributed by atoms with van der Waals surface area (Å²) < 4.78 is 61.2. The third kappa shape index (κ3) is 9.55. The molecule has 0 bridgehead atoms. The molecule has 19 heteroatoms. The first kappa shape index (κ1) is 40.0. The number of nitriles is 1. The normalized spacial score (nSPS) is 21.5. The second kappa shape index (κ2) is 17.6. The highest BCUT2D eigenvalue weighted by Crippen LogP contribution is 2.50. The van der Waals surface area contributed by atoms with Crippen molar-refractivity contribution >= 4 is 37.0 Å². The molecule has 3 aromatic rings. The summed E-state index contributed by atoms with van der Waals surface area (Å²) in [7, 11) is -3.08. The number of nitrogen functional groups attached to an aromatic ring is 1. The molecule has 0 spiro atoms. The van der Waals surface area contributed by atoms with Crippen molar-refractivity contribution in [3.63, 3.8) is 0 Å².